The van der Waals surface area contributed by atoms with Gasteiger partial charge >= 0.3 is 0 Å². The van der Waals surface area contributed by atoms with Crippen molar-refractivity contribution in [2.75, 3.05) is 7.11 Å². The van der Waals surface area contributed by atoms with E-state index in [9.17, 15) is 4.79 Å². The summed E-state index contributed by atoms with van der Waals surface area (Å²) in [5, 5.41) is 4.84. The molecule has 0 saturated carbocycles. The summed E-state index contributed by atoms with van der Waals surface area (Å²) in [6.07, 6.45) is 1.54. The number of methoxy groups -OCH3 is 1. The Morgan fingerprint density at radius 3 is 2.42 bits per heavy atom. The highest BCUT2D eigenvalue weighted by Gasteiger charge is 2.14. The first-order chi connectivity index (χ1) is 19.5. The van der Waals surface area contributed by atoms with E-state index in [1.54, 1.807) is 25.3 Å². The van der Waals surface area contributed by atoms with Gasteiger partial charge in [-0.2, -0.15) is 5.10 Å². The fraction of sp³-hybridized carbons (Fsp3) is 0.156. The number of hydrogen-bond donors (Lipinski definition) is 1. The minimum atomic E-state index is -0.356. The first-order valence-electron chi connectivity index (χ1n) is 12.8. The van der Waals surface area contributed by atoms with Crippen molar-refractivity contribution in [3.63, 3.8) is 0 Å². The largest absolute Gasteiger partial charge is 0.497 e. The maximum Gasteiger partial charge on any atom is 0.272 e. The topological polar surface area (TPSA) is 95.2 Å². The molecular formula is C32H29N3O5. The van der Waals surface area contributed by atoms with Crippen LogP contribution in [-0.4, -0.2) is 30.3 Å². The molecule has 40 heavy (non-hydrogen) atoms. The number of hydrazone groups is 1. The van der Waals surface area contributed by atoms with Crippen LogP contribution in [0.5, 0.6) is 17.2 Å². The molecule has 8 nitrogen and oxygen atoms in total. The number of aromatic nitrogens is 1. The lowest BCUT2D eigenvalue weighted by Gasteiger charge is -2.11. The number of rotatable bonds is 10. The summed E-state index contributed by atoms with van der Waals surface area (Å²) in [6.45, 7) is 4.22. The smallest absolute Gasteiger partial charge is 0.272 e. The molecule has 1 N–H and O–H groups in total. The molecule has 0 saturated heterocycles. The van der Waals surface area contributed by atoms with E-state index in [-0.39, 0.29) is 18.6 Å². The van der Waals surface area contributed by atoms with E-state index in [1.165, 1.54) is 6.21 Å². The standard InChI is InChI=1S/C32H29N3O5/c1-21(2)39-25-10-8-22(9-11-25)31-18-29(28-6-4-5-7-30(28)34-31)32(36)35-33-19-26-16-17-27(40-26)20-38-24-14-12-23(37-3)13-15-24/h4-19,21H,20H2,1-3H3,(H,35,36)/b33-19+. The Morgan fingerprint density at radius 1 is 0.950 bits per heavy atom. The van der Waals surface area contributed by atoms with Gasteiger partial charge in [0, 0.05) is 10.9 Å². The van der Waals surface area contributed by atoms with E-state index in [4.69, 9.17) is 23.6 Å². The summed E-state index contributed by atoms with van der Waals surface area (Å²) >= 11 is 0. The van der Waals surface area contributed by atoms with Gasteiger partial charge in [-0.1, -0.05) is 18.2 Å². The van der Waals surface area contributed by atoms with Crippen molar-refractivity contribution >= 4 is 23.0 Å². The molecule has 2 heterocycles. The normalized spacial score (nSPS) is 11.2. The molecule has 5 aromatic rings. The van der Waals surface area contributed by atoms with Crippen molar-refractivity contribution in [1.82, 2.24) is 10.4 Å². The van der Waals surface area contributed by atoms with E-state index >= 15 is 0 Å². The van der Waals surface area contributed by atoms with E-state index in [1.807, 2.05) is 86.6 Å². The van der Waals surface area contributed by atoms with Crippen LogP contribution in [0, 0.1) is 0 Å². The number of carbonyl (C=O) groups is 1. The molecule has 3 aromatic carbocycles. The highest BCUT2D eigenvalue weighted by atomic mass is 16.5. The van der Waals surface area contributed by atoms with Crippen molar-refractivity contribution in [1.29, 1.82) is 0 Å². The highest BCUT2D eigenvalue weighted by Crippen LogP contribution is 2.27. The minimum Gasteiger partial charge on any atom is -0.497 e. The average Bonchev–Trinajstić information content (AvgIpc) is 3.43. The van der Waals surface area contributed by atoms with Crippen LogP contribution in [0.1, 0.15) is 35.7 Å². The Kier molecular flexibility index (Phi) is 8.06. The highest BCUT2D eigenvalue weighted by molar-refractivity contribution is 6.07. The third-order valence-corrected chi connectivity index (χ3v) is 5.96. The number of nitrogens with zero attached hydrogens (tertiary/aromatic N) is 2. The number of benzene rings is 3. The maximum absolute atomic E-state index is 13.2. The number of furan rings is 1. The number of nitrogens with one attached hydrogen (secondary N) is 1. The van der Waals surface area contributed by atoms with Gasteiger partial charge in [0.05, 0.1) is 36.2 Å². The predicted octanol–water partition coefficient (Wildman–Crippen LogP) is 6.63. The second kappa shape index (κ2) is 12.2. The van der Waals surface area contributed by atoms with Gasteiger partial charge < -0.3 is 18.6 Å². The SMILES string of the molecule is COc1ccc(OCc2ccc(/C=N/NC(=O)c3cc(-c4ccc(OC(C)C)cc4)nc4ccccc34)o2)cc1. The molecule has 1 amide bonds. The molecule has 0 radical (unpaired) electrons. The fourth-order valence-corrected chi connectivity index (χ4v) is 4.07. The summed E-state index contributed by atoms with van der Waals surface area (Å²) in [4.78, 5) is 18.0. The molecule has 8 heteroatoms. The molecule has 2 aromatic heterocycles. The van der Waals surface area contributed by atoms with Gasteiger partial charge in [0.2, 0.25) is 0 Å². The van der Waals surface area contributed by atoms with Crippen molar-refractivity contribution in [2.24, 2.45) is 5.10 Å². The molecular weight excluding hydrogens is 506 g/mol. The van der Waals surface area contributed by atoms with Gasteiger partial charge in [-0.15, -0.1) is 0 Å². The molecule has 0 aliphatic rings. The van der Waals surface area contributed by atoms with Crippen molar-refractivity contribution in [2.45, 2.75) is 26.6 Å². The third kappa shape index (κ3) is 6.47. The Balaban J connectivity index is 1.27. The second-order valence-corrected chi connectivity index (χ2v) is 9.23. The minimum absolute atomic E-state index is 0.0842. The number of amides is 1. The lowest BCUT2D eigenvalue weighted by molar-refractivity contribution is 0.0956. The number of fused-ring (bicyclic) bond motifs is 1. The molecule has 0 aliphatic carbocycles. The van der Waals surface area contributed by atoms with E-state index in [2.05, 4.69) is 10.5 Å². The number of carbonyl (C=O) groups excluding carboxylic acids is 1. The zero-order chi connectivity index (χ0) is 27.9. The Hall–Kier alpha value is -5.11. The van der Waals surface area contributed by atoms with Crippen LogP contribution in [0.4, 0.5) is 0 Å². The molecule has 0 unspecified atom stereocenters. The lowest BCUT2D eigenvalue weighted by atomic mass is 10.0. The zero-order valence-electron chi connectivity index (χ0n) is 22.5. The summed E-state index contributed by atoms with van der Waals surface area (Å²) in [5.74, 6) is 2.98. The van der Waals surface area contributed by atoms with Gasteiger partial charge in [0.25, 0.3) is 5.91 Å². The molecule has 202 valence electrons. The first-order valence-corrected chi connectivity index (χ1v) is 12.8. The maximum atomic E-state index is 13.2. The number of ether oxygens (including phenoxy) is 3. The average molecular weight is 536 g/mol. The predicted molar refractivity (Wildman–Crippen MR) is 154 cm³/mol. The second-order valence-electron chi connectivity index (χ2n) is 9.23. The van der Waals surface area contributed by atoms with Gasteiger partial charge in [-0.25, -0.2) is 10.4 Å². The number of hydrogen-bond acceptors (Lipinski definition) is 7. The molecule has 0 atom stereocenters. The first kappa shape index (κ1) is 26.5. The van der Waals surface area contributed by atoms with Crippen molar-refractivity contribution in [3.8, 4) is 28.5 Å². The van der Waals surface area contributed by atoms with E-state index in [0.29, 0.717) is 34.0 Å². The molecule has 0 fully saturated rings. The van der Waals surface area contributed by atoms with E-state index in [0.717, 1.165) is 22.4 Å². The molecule has 0 spiro atoms. The summed E-state index contributed by atoms with van der Waals surface area (Å²) < 4.78 is 22.4. The summed E-state index contributed by atoms with van der Waals surface area (Å²) in [7, 11) is 1.62. The van der Waals surface area contributed by atoms with Crippen molar-refractivity contribution in [3.05, 3.63) is 108 Å². The van der Waals surface area contributed by atoms with Gasteiger partial charge in [0.1, 0.15) is 35.4 Å². The molecule has 5 rings (SSSR count). The van der Waals surface area contributed by atoms with Crippen LogP contribution >= 0.6 is 0 Å². The zero-order valence-corrected chi connectivity index (χ0v) is 22.5. The van der Waals surface area contributed by atoms with Crippen LogP contribution in [0.25, 0.3) is 22.2 Å². The van der Waals surface area contributed by atoms with Crippen LogP contribution in [-0.2, 0) is 6.61 Å². The Morgan fingerprint density at radius 2 is 1.68 bits per heavy atom. The quantitative estimate of drug-likeness (QED) is 0.159. The van der Waals surface area contributed by atoms with Crippen LogP contribution in [0.15, 0.2) is 101 Å². The van der Waals surface area contributed by atoms with Crippen LogP contribution in [0.2, 0.25) is 0 Å². The Labute approximate surface area is 232 Å². The summed E-state index contributed by atoms with van der Waals surface area (Å²) in [6, 6.07) is 27.8. The van der Waals surface area contributed by atoms with Crippen molar-refractivity contribution < 1.29 is 23.4 Å². The third-order valence-electron chi connectivity index (χ3n) is 5.96. The number of pyridine rings is 1. The van der Waals surface area contributed by atoms with Gasteiger partial charge in [-0.05, 0) is 86.6 Å². The number of para-hydroxylation sites is 1. The molecule has 0 bridgehead atoms. The Bertz CT molecular complexity index is 1620. The fourth-order valence-electron chi connectivity index (χ4n) is 4.07. The lowest BCUT2D eigenvalue weighted by Crippen LogP contribution is -2.18. The van der Waals surface area contributed by atoms with E-state index < -0.39 is 0 Å². The van der Waals surface area contributed by atoms with Crippen LogP contribution < -0.4 is 19.6 Å². The van der Waals surface area contributed by atoms with Gasteiger partial charge in [-0.3, -0.25) is 4.79 Å². The van der Waals surface area contributed by atoms with Crippen LogP contribution in [0.3, 0.4) is 0 Å². The van der Waals surface area contributed by atoms with Gasteiger partial charge in [0.15, 0.2) is 0 Å². The monoisotopic (exact) mass is 535 g/mol. The summed E-state index contributed by atoms with van der Waals surface area (Å²) in [5.41, 5.74) is 5.34. The molecule has 0 aliphatic heterocycles.